The Morgan fingerprint density at radius 3 is 1.07 bits per heavy atom. The summed E-state index contributed by atoms with van der Waals surface area (Å²) in [6.07, 6.45) is -5.92. The largest absolute Gasteiger partial charge is 0.388 e. The first kappa shape index (κ1) is 63.7. The number of hydrogen-bond acceptors (Lipinski definition) is 12. The van der Waals surface area contributed by atoms with Crippen LogP contribution in [0.1, 0.15) is 76.6 Å². The summed E-state index contributed by atoms with van der Waals surface area (Å²) in [5.41, 5.74) is 13.8. The van der Waals surface area contributed by atoms with Crippen molar-refractivity contribution in [1.29, 1.82) is 0 Å². The number of fused-ring (bicyclic) bond motifs is 2. The van der Waals surface area contributed by atoms with Crippen LogP contribution in [-0.2, 0) is 74.1 Å². The minimum atomic E-state index is -3.97. The van der Waals surface area contributed by atoms with Crippen LogP contribution >= 0.6 is 0 Å². The summed E-state index contributed by atoms with van der Waals surface area (Å²) in [7, 11) is -7.94. The Balaban J connectivity index is 1.31. The maximum Gasteiger partial charge on any atom is 0.243 e. The Hall–Kier alpha value is -7.52. The average molecular weight is 1160 g/mol. The second-order valence-corrected chi connectivity index (χ2v) is 28.5. The Morgan fingerprint density at radius 1 is 0.427 bits per heavy atom. The molecular formula is C62H76N6O12S2. The number of primary amides is 2. The molecular weight excluding hydrogens is 1080 g/mol. The number of hydrogen-bond donors (Lipinski definition) is 8. The quantitative estimate of drug-likeness (QED) is 0.0358. The number of nitrogens with one attached hydrogen (secondary N) is 4. The molecule has 438 valence electrons. The van der Waals surface area contributed by atoms with Crippen LogP contribution in [0.4, 0.5) is 0 Å². The van der Waals surface area contributed by atoms with Crippen LogP contribution < -0.4 is 32.7 Å². The van der Waals surface area contributed by atoms with Crippen molar-refractivity contribution in [1.82, 2.24) is 21.3 Å². The summed E-state index contributed by atoms with van der Waals surface area (Å²) in [4.78, 5) is 83.6. The van der Waals surface area contributed by atoms with E-state index in [1.54, 1.807) is 84.9 Å². The molecule has 10 N–H and O–H groups in total. The third-order valence-electron chi connectivity index (χ3n) is 14.6. The first-order chi connectivity index (χ1) is 38.5. The zero-order valence-electron chi connectivity index (χ0n) is 47.1. The molecule has 18 nitrogen and oxygen atoms in total. The van der Waals surface area contributed by atoms with E-state index in [4.69, 9.17) is 11.5 Å². The Kier molecular flexibility index (Phi) is 21.3. The van der Waals surface area contributed by atoms with Gasteiger partial charge < -0.3 is 42.9 Å². The molecule has 0 aliphatic rings. The third kappa shape index (κ3) is 17.3. The molecule has 6 amide bonds. The molecule has 6 aromatic carbocycles. The first-order valence-electron chi connectivity index (χ1n) is 27.1. The van der Waals surface area contributed by atoms with Crippen LogP contribution in [0.5, 0.6) is 0 Å². The summed E-state index contributed by atoms with van der Waals surface area (Å²) in [6.45, 7) is 9.05. The van der Waals surface area contributed by atoms with Gasteiger partial charge in [-0.25, -0.2) is 16.8 Å². The minimum Gasteiger partial charge on any atom is -0.388 e. The lowest BCUT2D eigenvalue weighted by Crippen LogP contribution is -2.61. The second-order valence-electron chi connectivity index (χ2n) is 22.9. The van der Waals surface area contributed by atoms with E-state index in [2.05, 4.69) is 21.3 Å². The number of aliphatic hydroxyl groups excluding tert-OH is 2. The van der Waals surface area contributed by atoms with Crippen LogP contribution in [0.3, 0.4) is 0 Å². The summed E-state index contributed by atoms with van der Waals surface area (Å²) in [5, 5.41) is 38.5. The molecule has 0 aliphatic carbocycles. The van der Waals surface area contributed by atoms with Crippen LogP contribution in [-0.4, -0.2) is 120 Å². The lowest BCUT2D eigenvalue weighted by Gasteiger charge is -2.34. The van der Waals surface area contributed by atoms with E-state index in [1.165, 1.54) is 41.5 Å². The number of aliphatic hydroxyl groups is 2. The fraction of sp³-hybridized carbons (Fsp3) is 0.387. The van der Waals surface area contributed by atoms with Crippen molar-refractivity contribution in [2.24, 2.45) is 23.3 Å². The summed E-state index contributed by atoms with van der Waals surface area (Å²) in [5.74, 6) is -9.61. The van der Waals surface area contributed by atoms with Gasteiger partial charge in [0.15, 0.2) is 19.7 Å². The molecule has 8 atom stereocenters. The van der Waals surface area contributed by atoms with Crippen LogP contribution in [0, 0.1) is 11.8 Å². The van der Waals surface area contributed by atoms with Gasteiger partial charge in [0.05, 0.1) is 57.8 Å². The van der Waals surface area contributed by atoms with Gasteiger partial charge in [0.25, 0.3) is 0 Å². The van der Waals surface area contributed by atoms with Crippen LogP contribution in [0.2, 0.25) is 0 Å². The summed E-state index contributed by atoms with van der Waals surface area (Å²) in [6, 6.07) is 36.3. The first-order valence-corrected chi connectivity index (χ1v) is 30.4. The van der Waals surface area contributed by atoms with E-state index < -0.39 is 137 Å². The van der Waals surface area contributed by atoms with Crippen LogP contribution in [0.25, 0.3) is 21.5 Å². The lowest BCUT2D eigenvalue weighted by molar-refractivity contribution is -0.134. The monoisotopic (exact) mass is 1160 g/mol. The van der Waals surface area contributed by atoms with Crippen molar-refractivity contribution in [2.45, 2.75) is 126 Å². The molecule has 82 heavy (non-hydrogen) atoms. The van der Waals surface area contributed by atoms with Gasteiger partial charge in [-0.1, -0.05) is 146 Å². The molecule has 0 unspecified atom stereocenters. The number of amides is 6. The topological polar surface area (TPSA) is 311 Å². The van der Waals surface area contributed by atoms with Crippen molar-refractivity contribution in [2.75, 3.05) is 11.5 Å². The highest BCUT2D eigenvalue weighted by Gasteiger charge is 2.41. The molecule has 0 spiro atoms. The maximum absolute atomic E-state index is 14.6. The van der Waals surface area contributed by atoms with Crippen molar-refractivity contribution < 1.29 is 55.8 Å². The molecule has 6 rings (SSSR count). The molecule has 0 aromatic heterocycles. The molecule has 6 aromatic rings. The van der Waals surface area contributed by atoms with Gasteiger partial charge in [-0.15, -0.1) is 0 Å². The lowest BCUT2D eigenvalue weighted by atomic mass is 9.90. The SMILES string of the molecule is CC(C)(C)S(=O)(=O)C[C@@H](Cc1cccc2ccccc12)C(=O)N[C@@H](CC(N)=O)C(=O)N[C@@H](Cc1ccccc1)[C@@H](O)[C@H](O)[C@H](Cc1ccccc1)NC(=O)[C@H](CC(N)=O)NC(=O)[C@H](Cc1cccc2ccccc12)CS(=O)(=O)C(C)(C)C. The van der Waals surface area contributed by atoms with E-state index in [0.29, 0.717) is 22.3 Å². The molecule has 0 saturated heterocycles. The number of sulfone groups is 2. The Morgan fingerprint density at radius 2 is 0.744 bits per heavy atom. The molecule has 0 heterocycles. The Bertz CT molecular complexity index is 3220. The molecule has 0 aliphatic heterocycles. The number of rotatable bonds is 27. The third-order valence-corrected chi connectivity index (χ3v) is 20.1. The van der Waals surface area contributed by atoms with Crippen molar-refractivity contribution in [3.8, 4) is 0 Å². The normalized spacial score (nSPS) is 15.2. The smallest absolute Gasteiger partial charge is 0.243 e. The molecule has 0 bridgehead atoms. The second kappa shape index (κ2) is 27.5. The molecule has 20 heteroatoms. The zero-order valence-corrected chi connectivity index (χ0v) is 48.7. The van der Waals surface area contributed by atoms with E-state index >= 15 is 0 Å². The van der Waals surface area contributed by atoms with Crippen LogP contribution in [0.15, 0.2) is 146 Å². The van der Waals surface area contributed by atoms with E-state index in [-0.39, 0.29) is 25.7 Å². The number of carbonyl (C=O) groups excluding carboxylic acids is 6. The molecule has 0 saturated carbocycles. The number of benzene rings is 6. The van der Waals surface area contributed by atoms with Crippen molar-refractivity contribution in [3.05, 3.63) is 168 Å². The average Bonchev–Trinajstić information content (AvgIpc) is 3.63. The van der Waals surface area contributed by atoms with Gasteiger partial charge in [0.2, 0.25) is 35.4 Å². The standard InChI is InChI=1S/C62H76N6O12S2/c1-61(2,3)81(77,78)37-45(33-43-27-17-25-41-23-13-15-29-47(41)43)57(73)67-51(35-53(63)69)59(75)65-49(31-39-19-9-7-10-20-39)55(71)56(72)50(32-40-21-11-8-12-22-40)66-60(76)52(36-54(64)70)68-58(74)46(38-82(79,80)62(4,5)6)34-44-28-18-26-42-24-14-16-30-48(42)44/h7-30,45-46,49-52,55-56,71-72H,31-38H2,1-6H3,(H2,63,69)(H2,64,70)(H,65,75)(H,66,76)(H,67,73)(H,68,74)/t45-,46-,49+,50+,51+,52+,55-,56-/m1/s1. The highest BCUT2D eigenvalue weighted by molar-refractivity contribution is 7.93. The molecule has 0 radical (unpaired) electrons. The maximum atomic E-state index is 14.6. The fourth-order valence-corrected chi connectivity index (χ4v) is 12.2. The van der Waals surface area contributed by atoms with Gasteiger partial charge in [-0.3, -0.25) is 28.8 Å². The molecule has 0 fully saturated rings. The van der Waals surface area contributed by atoms with Gasteiger partial charge in [-0.05, 0) is 111 Å². The van der Waals surface area contributed by atoms with E-state index in [9.17, 15) is 55.8 Å². The summed E-state index contributed by atoms with van der Waals surface area (Å²) >= 11 is 0. The Labute approximate surface area is 480 Å². The minimum absolute atomic E-state index is 0.0712. The van der Waals surface area contributed by atoms with Crippen molar-refractivity contribution in [3.63, 3.8) is 0 Å². The van der Waals surface area contributed by atoms with Gasteiger partial charge in [0, 0.05) is 0 Å². The van der Waals surface area contributed by atoms with Crippen molar-refractivity contribution >= 4 is 76.7 Å². The fourth-order valence-electron chi connectivity index (χ4n) is 9.65. The highest BCUT2D eigenvalue weighted by atomic mass is 32.2. The van der Waals surface area contributed by atoms with E-state index in [0.717, 1.165) is 21.5 Å². The van der Waals surface area contributed by atoms with Gasteiger partial charge in [-0.2, -0.15) is 0 Å². The predicted octanol–water partition coefficient (Wildman–Crippen LogP) is 4.33. The van der Waals surface area contributed by atoms with Gasteiger partial charge >= 0.3 is 0 Å². The van der Waals surface area contributed by atoms with Gasteiger partial charge in [0.1, 0.15) is 24.3 Å². The van der Waals surface area contributed by atoms with E-state index in [1.807, 2.05) is 60.7 Å². The summed E-state index contributed by atoms with van der Waals surface area (Å²) < 4.78 is 52.5. The predicted molar refractivity (Wildman–Crippen MR) is 317 cm³/mol. The zero-order chi connectivity index (χ0) is 60.2. The number of nitrogens with two attached hydrogens (primary N) is 2. The highest BCUT2D eigenvalue weighted by Crippen LogP contribution is 2.28. The number of carbonyl (C=O) groups is 6.